The molecule has 2 nitrogen and oxygen atoms in total. The Hall–Kier alpha value is -1.19. The molecule has 0 saturated carbocycles. The van der Waals surface area contributed by atoms with Crippen molar-refractivity contribution in [2.75, 3.05) is 7.05 Å². The third-order valence-electron chi connectivity index (χ3n) is 3.10. The van der Waals surface area contributed by atoms with E-state index in [1.165, 1.54) is 16.7 Å². The average molecular weight is 305 g/mol. The van der Waals surface area contributed by atoms with Gasteiger partial charge in [0.15, 0.2) is 0 Å². The lowest BCUT2D eigenvalue weighted by Gasteiger charge is -2.19. The van der Waals surface area contributed by atoms with Crippen molar-refractivity contribution in [3.8, 4) is 0 Å². The summed E-state index contributed by atoms with van der Waals surface area (Å²) < 4.78 is 1.11. The van der Waals surface area contributed by atoms with Crippen LogP contribution in [0.1, 0.15) is 28.4 Å². The second kappa shape index (κ2) is 5.63. The van der Waals surface area contributed by atoms with Gasteiger partial charge in [-0.2, -0.15) is 0 Å². The molecule has 0 fully saturated rings. The summed E-state index contributed by atoms with van der Waals surface area (Å²) in [6, 6.07) is 10.7. The van der Waals surface area contributed by atoms with E-state index in [1.54, 1.807) is 0 Å². The molecule has 2 aromatic rings. The number of halogens is 1. The number of rotatable bonds is 3. The van der Waals surface area contributed by atoms with E-state index >= 15 is 0 Å². The number of nitrogens with one attached hydrogen (secondary N) is 1. The van der Waals surface area contributed by atoms with Crippen molar-refractivity contribution in [3.05, 3.63) is 63.4 Å². The Balaban J connectivity index is 2.41. The number of hydrogen-bond donors (Lipinski definition) is 1. The molecular formula is C15H17BrN2. The molecule has 0 amide bonds. The normalized spacial score (nSPS) is 12.4. The summed E-state index contributed by atoms with van der Waals surface area (Å²) in [5.74, 6) is 0. The molecule has 0 aliphatic rings. The largest absolute Gasteiger partial charge is 0.309 e. The van der Waals surface area contributed by atoms with Gasteiger partial charge in [-0.05, 0) is 55.8 Å². The molecule has 1 aromatic heterocycles. The number of benzene rings is 1. The van der Waals surface area contributed by atoms with Crippen LogP contribution in [-0.2, 0) is 0 Å². The summed E-state index contributed by atoms with van der Waals surface area (Å²) in [6.45, 7) is 4.13. The highest BCUT2D eigenvalue weighted by molar-refractivity contribution is 9.10. The summed E-state index contributed by atoms with van der Waals surface area (Å²) in [7, 11) is 1.98. The Morgan fingerprint density at radius 1 is 1.17 bits per heavy atom. The van der Waals surface area contributed by atoms with Crippen LogP contribution >= 0.6 is 15.9 Å². The van der Waals surface area contributed by atoms with Crippen LogP contribution in [0.3, 0.4) is 0 Å². The molecule has 1 N–H and O–H groups in total. The van der Waals surface area contributed by atoms with E-state index in [0.717, 1.165) is 10.2 Å². The van der Waals surface area contributed by atoms with Crippen molar-refractivity contribution in [2.24, 2.45) is 0 Å². The van der Waals surface area contributed by atoms with Gasteiger partial charge in [-0.3, -0.25) is 4.98 Å². The van der Waals surface area contributed by atoms with Gasteiger partial charge in [0.05, 0.1) is 6.04 Å². The summed E-state index contributed by atoms with van der Waals surface area (Å²) in [5, 5.41) is 3.36. The first-order valence-corrected chi connectivity index (χ1v) is 6.77. The first-order chi connectivity index (χ1) is 8.61. The maximum atomic E-state index is 4.37. The highest BCUT2D eigenvalue weighted by atomic mass is 79.9. The SMILES string of the molecule is CNC(c1ccc(C)nc1)c1ccc(Br)cc1C. The van der Waals surface area contributed by atoms with E-state index < -0.39 is 0 Å². The maximum Gasteiger partial charge on any atom is 0.0592 e. The van der Waals surface area contributed by atoms with Crippen molar-refractivity contribution < 1.29 is 0 Å². The molecule has 0 aliphatic heterocycles. The predicted octanol–water partition coefficient (Wildman–Crippen LogP) is 3.77. The van der Waals surface area contributed by atoms with E-state index in [-0.39, 0.29) is 6.04 Å². The van der Waals surface area contributed by atoms with Crippen molar-refractivity contribution in [1.29, 1.82) is 0 Å². The molecule has 0 spiro atoms. The van der Waals surface area contributed by atoms with Gasteiger partial charge in [-0.15, -0.1) is 0 Å². The van der Waals surface area contributed by atoms with Gasteiger partial charge in [0.25, 0.3) is 0 Å². The molecule has 1 atom stereocenters. The smallest absolute Gasteiger partial charge is 0.0592 e. The quantitative estimate of drug-likeness (QED) is 0.933. The van der Waals surface area contributed by atoms with Gasteiger partial charge in [-0.25, -0.2) is 0 Å². The molecule has 0 saturated heterocycles. The highest BCUT2D eigenvalue weighted by Crippen LogP contribution is 2.26. The van der Waals surface area contributed by atoms with E-state index in [0.29, 0.717) is 0 Å². The van der Waals surface area contributed by atoms with Gasteiger partial charge in [0, 0.05) is 16.4 Å². The monoisotopic (exact) mass is 304 g/mol. The number of aromatic nitrogens is 1. The lowest BCUT2D eigenvalue weighted by molar-refractivity contribution is 0.684. The van der Waals surface area contributed by atoms with Crippen LogP contribution < -0.4 is 5.32 Å². The minimum absolute atomic E-state index is 0.186. The molecule has 1 heterocycles. The highest BCUT2D eigenvalue weighted by Gasteiger charge is 2.14. The molecule has 0 aliphatic carbocycles. The zero-order chi connectivity index (χ0) is 13.1. The van der Waals surface area contributed by atoms with Crippen LogP contribution in [0.4, 0.5) is 0 Å². The van der Waals surface area contributed by atoms with E-state index in [1.807, 2.05) is 26.2 Å². The Morgan fingerprint density at radius 3 is 2.50 bits per heavy atom. The van der Waals surface area contributed by atoms with Crippen LogP contribution in [0.25, 0.3) is 0 Å². The van der Waals surface area contributed by atoms with Gasteiger partial charge in [-0.1, -0.05) is 28.1 Å². The fraction of sp³-hybridized carbons (Fsp3) is 0.267. The van der Waals surface area contributed by atoms with Gasteiger partial charge < -0.3 is 5.32 Å². The minimum Gasteiger partial charge on any atom is -0.309 e. The molecule has 1 unspecified atom stereocenters. The number of nitrogens with zero attached hydrogens (tertiary/aromatic N) is 1. The number of hydrogen-bond acceptors (Lipinski definition) is 2. The summed E-state index contributed by atoms with van der Waals surface area (Å²) in [6.07, 6.45) is 1.94. The minimum atomic E-state index is 0.186. The lowest BCUT2D eigenvalue weighted by atomic mass is 9.96. The van der Waals surface area contributed by atoms with E-state index in [9.17, 15) is 0 Å². The molecule has 0 bridgehead atoms. The Labute approximate surface area is 117 Å². The number of aryl methyl sites for hydroxylation is 2. The maximum absolute atomic E-state index is 4.37. The molecule has 2 rings (SSSR count). The van der Waals surface area contributed by atoms with E-state index in [4.69, 9.17) is 0 Å². The second-order valence-corrected chi connectivity index (χ2v) is 5.37. The fourth-order valence-electron chi connectivity index (χ4n) is 2.11. The van der Waals surface area contributed by atoms with Crippen LogP contribution in [0, 0.1) is 13.8 Å². The average Bonchev–Trinajstić information content (AvgIpc) is 2.35. The first-order valence-electron chi connectivity index (χ1n) is 5.97. The lowest BCUT2D eigenvalue weighted by Crippen LogP contribution is -2.18. The molecule has 18 heavy (non-hydrogen) atoms. The zero-order valence-corrected chi connectivity index (χ0v) is 12.5. The van der Waals surface area contributed by atoms with Crippen LogP contribution in [0.5, 0.6) is 0 Å². The van der Waals surface area contributed by atoms with E-state index in [2.05, 4.69) is 57.4 Å². The molecule has 0 radical (unpaired) electrons. The molecular weight excluding hydrogens is 288 g/mol. The topological polar surface area (TPSA) is 24.9 Å². The van der Waals surface area contributed by atoms with Crippen molar-refractivity contribution >= 4 is 15.9 Å². The number of pyridine rings is 1. The van der Waals surface area contributed by atoms with Crippen LogP contribution in [-0.4, -0.2) is 12.0 Å². The molecule has 1 aromatic carbocycles. The fourth-order valence-corrected chi connectivity index (χ4v) is 2.59. The Bertz CT molecular complexity index is 535. The van der Waals surface area contributed by atoms with Crippen molar-refractivity contribution in [1.82, 2.24) is 10.3 Å². The summed E-state index contributed by atoms with van der Waals surface area (Å²) in [5.41, 5.74) is 4.78. The van der Waals surface area contributed by atoms with Gasteiger partial charge >= 0.3 is 0 Å². The van der Waals surface area contributed by atoms with Crippen molar-refractivity contribution in [2.45, 2.75) is 19.9 Å². The predicted molar refractivity (Wildman–Crippen MR) is 78.8 cm³/mol. The third-order valence-corrected chi connectivity index (χ3v) is 3.59. The van der Waals surface area contributed by atoms with Gasteiger partial charge in [0.2, 0.25) is 0 Å². The van der Waals surface area contributed by atoms with Crippen LogP contribution in [0.15, 0.2) is 41.0 Å². The first kappa shape index (κ1) is 13.2. The second-order valence-electron chi connectivity index (χ2n) is 4.46. The third kappa shape index (κ3) is 2.79. The summed E-state index contributed by atoms with van der Waals surface area (Å²) in [4.78, 5) is 4.37. The Kier molecular flexibility index (Phi) is 4.15. The zero-order valence-electron chi connectivity index (χ0n) is 10.9. The van der Waals surface area contributed by atoms with Crippen molar-refractivity contribution in [3.63, 3.8) is 0 Å². The molecule has 3 heteroatoms. The summed E-state index contributed by atoms with van der Waals surface area (Å²) >= 11 is 3.50. The van der Waals surface area contributed by atoms with Crippen LogP contribution in [0.2, 0.25) is 0 Å². The van der Waals surface area contributed by atoms with Gasteiger partial charge in [0.1, 0.15) is 0 Å². The standard InChI is InChI=1S/C15H17BrN2/c1-10-8-13(16)6-7-14(10)15(17-3)12-5-4-11(2)18-9-12/h4-9,15,17H,1-3H3. The Morgan fingerprint density at radius 2 is 1.94 bits per heavy atom. The molecule has 94 valence electrons.